The third kappa shape index (κ3) is 3.85. The van der Waals surface area contributed by atoms with Crippen molar-refractivity contribution in [2.24, 2.45) is 5.92 Å². The van der Waals surface area contributed by atoms with Crippen molar-refractivity contribution < 1.29 is 14.1 Å². The van der Waals surface area contributed by atoms with Crippen LogP contribution in [0.25, 0.3) is 0 Å². The molecule has 0 saturated carbocycles. The predicted molar refractivity (Wildman–Crippen MR) is 65.2 cm³/mol. The van der Waals surface area contributed by atoms with Crippen molar-refractivity contribution in [3.05, 3.63) is 28.0 Å². The Morgan fingerprint density at radius 3 is 2.71 bits per heavy atom. The summed E-state index contributed by atoms with van der Waals surface area (Å²) in [6, 6.07) is 2.44. The average Bonchev–Trinajstić information content (AvgIpc) is 2.74. The van der Waals surface area contributed by atoms with Crippen LogP contribution in [0.3, 0.4) is 0 Å². The van der Waals surface area contributed by atoms with Crippen molar-refractivity contribution in [3.8, 4) is 0 Å². The molecule has 1 N–H and O–H groups in total. The zero-order valence-corrected chi connectivity index (χ0v) is 11.1. The molecule has 1 aromatic heterocycles. The average molecular weight is 305 g/mol. The Balaban J connectivity index is 2.55. The van der Waals surface area contributed by atoms with Crippen LogP contribution in [0.2, 0.25) is 0 Å². The summed E-state index contributed by atoms with van der Waals surface area (Å²) in [7, 11) is 0. The molecular formula is C10H13BrN2O4. The number of amides is 1. The Kier molecular flexibility index (Phi) is 4.68. The molecule has 0 saturated heterocycles. The number of hydrogen-bond donors (Lipinski definition) is 1. The molecule has 17 heavy (non-hydrogen) atoms. The van der Waals surface area contributed by atoms with Gasteiger partial charge in [0.25, 0.3) is 5.91 Å². The van der Waals surface area contributed by atoms with E-state index < -0.39 is 16.7 Å². The van der Waals surface area contributed by atoms with Crippen LogP contribution < -0.4 is 5.32 Å². The number of furan rings is 1. The van der Waals surface area contributed by atoms with E-state index >= 15 is 0 Å². The standard InChI is InChI=1S/C10H13BrN2O4/c1-6(2)7(11)5-12-10(14)8-3-4-9(17-8)13(15)16/h3-4,6-7H,5H2,1-2H3,(H,12,14). The minimum atomic E-state index is -0.682. The highest BCUT2D eigenvalue weighted by Gasteiger charge is 2.18. The van der Waals surface area contributed by atoms with E-state index in [-0.39, 0.29) is 10.6 Å². The van der Waals surface area contributed by atoms with Crippen LogP contribution in [0, 0.1) is 16.0 Å². The van der Waals surface area contributed by atoms with Crippen LogP contribution in [0.4, 0.5) is 5.88 Å². The number of nitrogens with zero attached hydrogens (tertiary/aromatic N) is 1. The molecule has 0 aliphatic heterocycles. The second-order valence-corrected chi connectivity index (χ2v) is 5.04. The van der Waals surface area contributed by atoms with Gasteiger partial charge < -0.3 is 9.73 Å². The van der Waals surface area contributed by atoms with E-state index in [4.69, 9.17) is 4.42 Å². The lowest BCUT2D eigenvalue weighted by atomic mass is 10.1. The smallest absolute Gasteiger partial charge is 0.395 e. The maximum Gasteiger partial charge on any atom is 0.433 e. The molecule has 1 atom stereocenters. The number of carbonyl (C=O) groups excluding carboxylic acids is 1. The topological polar surface area (TPSA) is 85.4 Å². The van der Waals surface area contributed by atoms with Crippen LogP contribution in [0.5, 0.6) is 0 Å². The second-order valence-electron chi connectivity index (χ2n) is 3.87. The molecule has 0 fully saturated rings. The molecule has 0 aromatic carbocycles. The molecule has 7 heteroatoms. The van der Waals surface area contributed by atoms with Crippen molar-refractivity contribution in [3.63, 3.8) is 0 Å². The summed E-state index contributed by atoms with van der Waals surface area (Å²) in [4.78, 5) is 21.4. The molecule has 1 aromatic rings. The summed E-state index contributed by atoms with van der Waals surface area (Å²) in [5.41, 5.74) is 0. The first-order valence-electron chi connectivity index (χ1n) is 5.08. The number of nitrogens with one attached hydrogen (secondary N) is 1. The third-order valence-corrected chi connectivity index (χ3v) is 3.56. The Morgan fingerprint density at radius 2 is 2.24 bits per heavy atom. The first-order chi connectivity index (χ1) is 7.91. The molecule has 0 spiro atoms. The molecule has 0 aliphatic carbocycles. The molecular weight excluding hydrogens is 292 g/mol. The van der Waals surface area contributed by atoms with Gasteiger partial charge in [-0.15, -0.1) is 0 Å². The SMILES string of the molecule is CC(C)C(Br)CNC(=O)c1ccc([N+](=O)[O-])o1. The fourth-order valence-electron chi connectivity index (χ4n) is 1.06. The summed E-state index contributed by atoms with van der Waals surface area (Å²) >= 11 is 3.42. The summed E-state index contributed by atoms with van der Waals surface area (Å²) in [6.07, 6.45) is 0. The summed E-state index contributed by atoms with van der Waals surface area (Å²) in [6.45, 7) is 4.47. The highest BCUT2D eigenvalue weighted by Crippen LogP contribution is 2.16. The van der Waals surface area contributed by atoms with Gasteiger partial charge in [0.2, 0.25) is 0 Å². The zero-order chi connectivity index (χ0) is 13.0. The largest absolute Gasteiger partial charge is 0.433 e. The van der Waals surface area contributed by atoms with Gasteiger partial charge in [-0.25, -0.2) is 0 Å². The number of rotatable bonds is 5. The normalized spacial score (nSPS) is 12.5. The fraction of sp³-hybridized carbons (Fsp3) is 0.500. The van der Waals surface area contributed by atoms with Crippen molar-refractivity contribution in [2.45, 2.75) is 18.7 Å². The van der Waals surface area contributed by atoms with E-state index in [1.165, 1.54) is 6.07 Å². The van der Waals surface area contributed by atoms with Gasteiger partial charge >= 0.3 is 5.88 Å². The first-order valence-corrected chi connectivity index (χ1v) is 6.00. The summed E-state index contributed by atoms with van der Waals surface area (Å²) in [5.74, 6) is -0.570. The Morgan fingerprint density at radius 1 is 1.59 bits per heavy atom. The minimum absolute atomic E-state index is 0.0554. The molecule has 0 radical (unpaired) electrons. The molecule has 0 aliphatic rings. The van der Waals surface area contributed by atoms with Crippen LogP contribution in [0.1, 0.15) is 24.4 Å². The van der Waals surface area contributed by atoms with Crippen molar-refractivity contribution in [1.29, 1.82) is 0 Å². The number of nitro groups is 1. The van der Waals surface area contributed by atoms with Gasteiger partial charge in [0, 0.05) is 11.4 Å². The van der Waals surface area contributed by atoms with Gasteiger partial charge in [0.05, 0.1) is 6.07 Å². The monoisotopic (exact) mass is 304 g/mol. The van der Waals surface area contributed by atoms with Gasteiger partial charge in [0.15, 0.2) is 5.76 Å². The van der Waals surface area contributed by atoms with E-state index in [2.05, 4.69) is 21.2 Å². The van der Waals surface area contributed by atoms with E-state index in [0.717, 1.165) is 6.07 Å². The van der Waals surface area contributed by atoms with Gasteiger partial charge in [0.1, 0.15) is 4.92 Å². The summed E-state index contributed by atoms with van der Waals surface area (Å²) < 4.78 is 4.77. The van der Waals surface area contributed by atoms with Crippen LogP contribution in [-0.4, -0.2) is 22.2 Å². The summed E-state index contributed by atoms with van der Waals surface area (Å²) in [5, 5.41) is 13.0. The lowest BCUT2D eigenvalue weighted by molar-refractivity contribution is -0.402. The Bertz CT molecular complexity index is 416. The quantitative estimate of drug-likeness (QED) is 0.514. The van der Waals surface area contributed by atoms with Crippen LogP contribution >= 0.6 is 15.9 Å². The molecule has 1 rings (SSSR count). The zero-order valence-electron chi connectivity index (χ0n) is 9.47. The highest BCUT2D eigenvalue weighted by molar-refractivity contribution is 9.09. The lowest BCUT2D eigenvalue weighted by Gasteiger charge is -2.13. The molecule has 1 unspecified atom stereocenters. The Hall–Kier alpha value is -1.37. The Labute approximate surface area is 107 Å². The first kappa shape index (κ1) is 13.7. The molecule has 1 amide bonds. The predicted octanol–water partition coefficient (Wildman–Crippen LogP) is 2.34. The number of hydrogen-bond acceptors (Lipinski definition) is 4. The molecule has 6 nitrogen and oxygen atoms in total. The van der Waals surface area contributed by atoms with Crippen molar-refractivity contribution >= 4 is 27.7 Å². The van der Waals surface area contributed by atoms with Crippen molar-refractivity contribution in [2.75, 3.05) is 6.54 Å². The van der Waals surface area contributed by atoms with E-state index in [0.29, 0.717) is 12.5 Å². The van der Waals surface area contributed by atoms with Gasteiger partial charge in [-0.1, -0.05) is 29.8 Å². The maximum atomic E-state index is 11.6. The van der Waals surface area contributed by atoms with Gasteiger partial charge in [-0.2, -0.15) is 0 Å². The van der Waals surface area contributed by atoms with E-state index in [9.17, 15) is 14.9 Å². The maximum absolute atomic E-state index is 11.6. The van der Waals surface area contributed by atoms with Gasteiger partial charge in [-0.05, 0) is 12.0 Å². The van der Waals surface area contributed by atoms with Crippen molar-refractivity contribution in [1.82, 2.24) is 5.32 Å². The van der Waals surface area contributed by atoms with E-state index in [1.54, 1.807) is 0 Å². The fourth-order valence-corrected chi connectivity index (χ4v) is 1.22. The highest BCUT2D eigenvalue weighted by atomic mass is 79.9. The van der Waals surface area contributed by atoms with Crippen LogP contribution in [-0.2, 0) is 0 Å². The molecule has 94 valence electrons. The lowest BCUT2D eigenvalue weighted by Crippen LogP contribution is -2.31. The number of alkyl halides is 1. The number of carbonyl (C=O) groups is 1. The van der Waals surface area contributed by atoms with Gasteiger partial charge in [-0.3, -0.25) is 14.9 Å². The van der Waals surface area contributed by atoms with E-state index in [1.807, 2.05) is 13.8 Å². The molecule has 1 heterocycles. The minimum Gasteiger partial charge on any atom is -0.395 e. The van der Waals surface area contributed by atoms with Crippen LogP contribution in [0.15, 0.2) is 16.5 Å². The molecule has 0 bridgehead atoms. The third-order valence-electron chi connectivity index (χ3n) is 2.18. The number of halogens is 1. The second kappa shape index (κ2) is 5.81.